The zero-order valence-electron chi connectivity index (χ0n) is 12.5. The summed E-state index contributed by atoms with van der Waals surface area (Å²) in [4.78, 5) is 28.6. The van der Waals surface area contributed by atoms with Gasteiger partial charge in [0.05, 0.1) is 5.69 Å². The smallest absolute Gasteiger partial charge is 0.295 e. The normalized spacial score (nSPS) is 19.2. The number of para-hydroxylation sites is 1. The van der Waals surface area contributed by atoms with Crippen molar-refractivity contribution in [3.8, 4) is 0 Å². The molecule has 3 amide bonds. The van der Waals surface area contributed by atoms with Crippen molar-refractivity contribution < 1.29 is 9.59 Å². The van der Waals surface area contributed by atoms with Crippen molar-refractivity contribution in [1.82, 2.24) is 10.6 Å². The minimum atomic E-state index is -0.743. The van der Waals surface area contributed by atoms with Crippen molar-refractivity contribution >= 4 is 23.5 Å². The zero-order chi connectivity index (χ0) is 15.3. The number of nitrogens with one attached hydrogen (secondary N) is 2. The second kappa shape index (κ2) is 6.52. The van der Waals surface area contributed by atoms with Crippen molar-refractivity contribution in [3.63, 3.8) is 0 Å². The monoisotopic (exact) mass is 287 g/mol. The van der Waals surface area contributed by atoms with E-state index in [2.05, 4.69) is 15.6 Å². The second-order valence-electron chi connectivity index (χ2n) is 5.29. The second-order valence-corrected chi connectivity index (χ2v) is 5.29. The lowest BCUT2D eigenvalue weighted by molar-refractivity contribution is -0.127. The summed E-state index contributed by atoms with van der Waals surface area (Å²) in [6, 6.07) is 8.87. The number of rotatable bonds is 5. The van der Waals surface area contributed by atoms with Gasteiger partial charge in [0, 0.05) is 0 Å². The van der Waals surface area contributed by atoms with E-state index in [0.29, 0.717) is 18.7 Å². The maximum atomic E-state index is 12.5. The van der Waals surface area contributed by atoms with Gasteiger partial charge >= 0.3 is 6.03 Å². The van der Waals surface area contributed by atoms with Crippen molar-refractivity contribution in [1.29, 1.82) is 0 Å². The third-order valence-electron chi connectivity index (χ3n) is 3.70. The largest absolute Gasteiger partial charge is 0.326 e. The summed E-state index contributed by atoms with van der Waals surface area (Å²) in [6.07, 6.45) is 3.02. The lowest BCUT2D eigenvalue weighted by Crippen LogP contribution is -2.62. The SMILES string of the molecule is CCCC1(CCC)C(=O)NC(=O)NC1=Nc1ccccc1. The van der Waals surface area contributed by atoms with Crippen LogP contribution in [0.25, 0.3) is 0 Å². The molecule has 2 N–H and O–H groups in total. The van der Waals surface area contributed by atoms with E-state index in [1.54, 1.807) is 0 Å². The summed E-state index contributed by atoms with van der Waals surface area (Å²) in [6.45, 7) is 4.06. The highest BCUT2D eigenvalue weighted by molar-refractivity contribution is 6.21. The third-order valence-corrected chi connectivity index (χ3v) is 3.70. The van der Waals surface area contributed by atoms with Gasteiger partial charge in [-0.1, -0.05) is 44.9 Å². The van der Waals surface area contributed by atoms with Gasteiger partial charge in [0.2, 0.25) is 5.91 Å². The molecule has 1 aromatic carbocycles. The van der Waals surface area contributed by atoms with Crippen LogP contribution in [0.15, 0.2) is 35.3 Å². The van der Waals surface area contributed by atoms with E-state index in [4.69, 9.17) is 0 Å². The van der Waals surface area contributed by atoms with Gasteiger partial charge < -0.3 is 0 Å². The fraction of sp³-hybridized carbons (Fsp3) is 0.438. The molecule has 0 spiro atoms. The number of hydrogen-bond acceptors (Lipinski definition) is 3. The first kappa shape index (κ1) is 15.2. The molecule has 1 aromatic rings. The molecule has 1 heterocycles. The topological polar surface area (TPSA) is 70.6 Å². The zero-order valence-corrected chi connectivity index (χ0v) is 12.5. The molecule has 1 aliphatic rings. The minimum absolute atomic E-state index is 0.246. The number of carbonyl (C=O) groups is 2. The van der Waals surface area contributed by atoms with Crippen molar-refractivity contribution in [3.05, 3.63) is 30.3 Å². The van der Waals surface area contributed by atoms with Crippen LogP contribution in [0.2, 0.25) is 0 Å². The van der Waals surface area contributed by atoms with Gasteiger partial charge in [0.15, 0.2) is 0 Å². The Morgan fingerprint density at radius 2 is 1.62 bits per heavy atom. The van der Waals surface area contributed by atoms with Gasteiger partial charge in [-0.3, -0.25) is 15.4 Å². The van der Waals surface area contributed by atoms with Gasteiger partial charge in [-0.05, 0) is 25.0 Å². The number of carbonyl (C=O) groups excluding carboxylic acids is 2. The number of imide groups is 1. The van der Waals surface area contributed by atoms with Gasteiger partial charge in [0.25, 0.3) is 0 Å². The van der Waals surface area contributed by atoms with Crippen molar-refractivity contribution in [2.75, 3.05) is 0 Å². The Bertz CT molecular complexity index is 546. The summed E-state index contributed by atoms with van der Waals surface area (Å²) < 4.78 is 0. The number of nitrogens with zero attached hydrogens (tertiary/aromatic N) is 1. The summed E-state index contributed by atoms with van der Waals surface area (Å²) in [5.74, 6) is 0.218. The molecule has 0 bridgehead atoms. The van der Waals surface area contributed by atoms with Crippen LogP contribution in [0, 0.1) is 5.41 Å². The van der Waals surface area contributed by atoms with E-state index in [9.17, 15) is 9.59 Å². The maximum absolute atomic E-state index is 12.5. The summed E-state index contributed by atoms with van der Waals surface area (Å²) in [7, 11) is 0. The van der Waals surface area contributed by atoms with Gasteiger partial charge in [-0.25, -0.2) is 9.79 Å². The summed E-state index contributed by atoms with van der Waals surface area (Å²) in [5.41, 5.74) is -0.00755. The van der Waals surface area contributed by atoms with Crippen LogP contribution in [-0.2, 0) is 4.79 Å². The first-order valence-corrected chi connectivity index (χ1v) is 7.39. The molecule has 112 valence electrons. The highest BCUT2D eigenvalue weighted by Gasteiger charge is 2.46. The number of amides is 3. The molecule has 2 rings (SSSR count). The predicted octanol–water partition coefficient (Wildman–Crippen LogP) is 3.14. The standard InChI is InChI=1S/C16H21N3O2/c1-3-10-16(11-4-2)13(18-15(21)19-14(16)20)17-12-8-6-5-7-9-12/h5-9H,3-4,10-11H2,1-2H3,(H2,17,18,19,20,21). The van der Waals surface area contributed by atoms with Crippen LogP contribution in [-0.4, -0.2) is 17.8 Å². The quantitative estimate of drug-likeness (QED) is 0.873. The van der Waals surface area contributed by atoms with E-state index >= 15 is 0 Å². The molecule has 0 radical (unpaired) electrons. The van der Waals surface area contributed by atoms with E-state index in [0.717, 1.165) is 18.5 Å². The van der Waals surface area contributed by atoms with Crippen molar-refractivity contribution in [2.45, 2.75) is 39.5 Å². The van der Waals surface area contributed by atoms with Crippen LogP contribution in [0.4, 0.5) is 10.5 Å². The predicted molar refractivity (Wildman–Crippen MR) is 82.5 cm³/mol. The minimum Gasteiger partial charge on any atom is -0.295 e. The lowest BCUT2D eigenvalue weighted by Gasteiger charge is -2.36. The average Bonchev–Trinajstić information content (AvgIpc) is 2.46. The Kier molecular flexibility index (Phi) is 4.73. The van der Waals surface area contributed by atoms with Gasteiger partial charge in [-0.2, -0.15) is 0 Å². The molecule has 5 nitrogen and oxygen atoms in total. The lowest BCUT2D eigenvalue weighted by atomic mass is 9.76. The van der Waals surface area contributed by atoms with Crippen molar-refractivity contribution in [2.24, 2.45) is 10.4 Å². The Balaban J connectivity index is 2.47. The number of urea groups is 1. The van der Waals surface area contributed by atoms with Crippen LogP contribution in [0.3, 0.4) is 0 Å². The fourth-order valence-electron chi connectivity index (χ4n) is 2.80. The molecule has 1 aliphatic heterocycles. The average molecular weight is 287 g/mol. The number of hydrogen-bond donors (Lipinski definition) is 2. The highest BCUT2D eigenvalue weighted by atomic mass is 16.2. The van der Waals surface area contributed by atoms with Crippen LogP contribution >= 0.6 is 0 Å². The maximum Gasteiger partial charge on any atom is 0.326 e. The summed E-state index contributed by atoms with van der Waals surface area (Å²) in [5, 5.41) is 5.12. The van der Waals surface area contributed by atoms with E-state index < -0.39 is 11.4 Å². The van der Waals surface area contributed by atoms with E-state index in [1.807, 2.05) is 44.2 Å². The Morgan fingerprint density at radius 3 is 2.19 bits per heavy atom. The highest BCUT2D eigenvalue weighted by Crippen LogP contribution is 2.34. The molecule has 0 aromatic heterocycles. The fourth-order valence-corrected chi connectivity index (χ4v) is 2.80. The third kappa shape index (κ3) is 3.12. The molecular weight excluding hydrogens is 266 g/mol. The number of benzene rings is 1. The van der Waals surface area contributed by atoms with E-state index in [1.165, 1.54) is 0 Å². The molecule has 0 saturated carbocycles. The number of amidine groups is 1. The van der Waals surface area contributed by atoms with Gasteiger partial charge in [-0.15, -0.1) is 0 Å². The molecule has 1 fully saturated rings. The molecule has 21 heavy (non-hydrogen) atoms. The number of aliphatic imine (C=N–C) groups is 1. The Morgan fingerprint density at radius 1 is 1.00 bits per heavy atom. The van der Waals surface area contributed by atoms with Crippen LogP contribution in [0.5, 0.6) is 0 Å². The Hall–Kier alpha value is -2.17. The molecule has 1 saturated heterocycles. The summed E-state index contributed by atoms with van der Waals surface area (Å²) >= 11 is 0. The molecule has 5 heteroatoms. The molecule has 0 atom stereocenters. The van der Waals surface area contributed by atoms with Crippen LogP contribution in [0.1, 0.15) is 39.5 Å². The molecule has 0 unspecified atom stereocenters. The van der Waals surface area contributed by atoms with E-state index in [-0.39, 0.29) is 5.91 Å². The van der Waals surface area contributed by atoms with Gasteiger partial charge in [0.1, 0.15) is 11.3 Å². The first-order valence-electron chi connectivity index (χ1n) is 7.39. The Labute approximate surface area is 124 Å². The molecular formula is C16H21N3O2. The molecule has 0 aliphatic carbocycles. The first-order chi connectivity index (χ1) is 10.1. The van der Waals surface area contributed by atoms with Crippen LogP contribution < -0.4 is 10.6 Å².